The van der Waals surface area contributed by atoms with Crippen molar-refractivity contribution in [1.82, 2.24) is 0 Å². The molecule has 0 aliphatic carbocycles. The molecule has 5 heteroatoms. The number of thiophene rings is 1. The molecule has 1 saturated heterocycles. The Morgan fingerprint density at radius 2 is 2.44 bits per heavy atom. The molecule has 1 aliphatic rings. The van der Waals surface area contributed by atoms with Crippen LogP contribution in [-0.2, 0) is 14.9 Å². The largest absolute Gasteiger partial charge is 0.481 e. The van der Waals surface area contributed by atoms with Crippen molar-refractivity contribution < 1.29 is 14.6 Å². The molecule has 0 bridgehead atoms. The van der Waals surface area contributed by atoms with Crippen molar-refractivity contribution in [3.05, 3.63) is 20.8 Å². The van der Waals surface area contributed by atoms with Crippen LogP contribution in [0.5, 0.6) is 0 Å². The van der Waals surface area contributed by atoms with E-state index in [1.807, 2.05) is 12.3 Å². The minimum absolute atomic E-state index is 0.0882. The second kappa shape index (κ2) is 4.47. The Morgan fingerprint density at radius 3 is 2.81 bits per heavy atom. The summed E-state index contributed by atoms with van der Waals surface area (Å²) in [4.78, 5) is 12.0. The van der Waals surface area contributed by atoms with Crippen molar-refractivity contribution in [1.29, 1.82) is 0 Å². The van der Waals surface area contributed by atoms with E-state index in [2.05, 4.69) is 22.0 Å². The third-order valence-corrected chi connectivity index (χ3v) is 5.11. The molecule has 1 aromatic heterocycles. The van der Waals surface area contributed by atoms with Gasteiger partial charge in [-0.1, -0.05) is 6.92 Å². The van der Waals surface area contributed by atoms with E-state index in [1.54, 1.807) is 11.3 Å². The number of ether oxygens (including phenoxy) is 1. The lowest BCUT2D eigenvalue weighted by atomic mass is 9.72. The van der Waals surface area contributed by atoms with Gasteiger partial charge in [0.05, 0.1) is 18.6 Å². The van der Waals surface area contributed by atoms with Crippen molar-refractivity contribution >= 4 is 33.2 Å². The second-order valence-corrected chi connectivity index (χ2v) is 6.10. The lowest BCUT2D eigenvalue weighted by molar-refractivity contribution is -0.142. The first-order valence-corrected chi connectivity index (χ1v) is 6.76. The summed E-state index contributed by atoms with van der Waals surface area (Å²) in [5, 5.41) is 10.9. The Labute approximate surface area is 107 Å². The molecular formula is C11H13BrO3S. The number of carbonyl (C=O) groups is 1. The maximum absolute atomic E-state index is 10.8. The van der Waals surface area contributed by atoms with Crippen LogP contribution in [0.2, 0.25) is 0 Å². The molecule has 1 aromatic rings. The van der Waals surface area contributed by atoms with Crippen LogP contribution in [-0.4, -0.2) is 24.3 Å². The average molecular weight is 305 g/mol. The summed E-state index contributed by atoms with van der Waals surface area (Å²) in [5.41, 5.74) is -0.0882. The zero-order chi connectivity index (χ0) is 11.8. The molecule has 1 unspecified atom stereocenters. The van der Waals surface area contributed by atoms with Crippen molar-refractivity contribution in [3.8, 4) is 0 Å². The van der Waals surface area contributed by atoms with E-state index in [0.29, 0.717) is 13.2 Å². The van der Waals surface area contributed by atoms with E-state index in [-0.39, 0.29) is 17.8 Å². The van der Waals surface area contributed by atoms with Gasteiger partial charge in [-0.25, -0.2) is 0 Å². The molecule has 1 N–H and O–H groups in total. The van der Waals surface area contributed by atoms with E-state index in [1.165, 1.54) is 4.88 Å². The van der Waals surface area contributed by atoms with Crippen LogP contribution < -0.4 is 0 Å². The summed E-state index contributed by atoms with van der Waals surface area (Å²) in [6.07, 6.45) is 0.193. The number of hydrogen-bond acceptors (Lipinski definition) is 3. The Morgan fingerprint density at radius 1 is 1.75 bits per heavy atom. The van der Waals surface area contributed by atoms with Crippen molar-refractivity contribution in [3.63, 3.8) is 0 Å². The fourth-order valence-electron chi connectivity index (χ4n) is 2.02. The van der Waals surface area contributed by atoms with Crippen LogP contribution in [0.1, 0.15) is 18.2 Å². The molecule has 2 rings (SSSR count). The Bertz CT molecular complexity index is 398. The Hall–Kier alpha value is -0.390. The first-order chi connectivity index (χ1) is 7.54. The number of rotatable bonds is 4. The summed E-state index contributed by atoms with van der Waals surface area (Å²) in [5.74, 6) is -0.640. The molecule has 0 radical (unpaired) electrons. The lowest BCUT2D eigenvalue weighted by Gasteiger charge is -2.45. The number of carboxylic acids is 1. The summed E-state index contributed by atoms with van der Waals surface area (Å²) in [7, 11) is 0. The molecule has 1 atom stereocenters. The van der Waals surface area contributed by atoms with Gasteiger partial charge in [0.25, 0.3) is 0 Å². The summed E-state index contributed by atoms with van der Waals surface area (Å²) in [6, 6.07) is 2.07. The lowest BCUT2D eigenvalue weighted by Crippen LogP contribution is -2.51. The molecule has 1 aliphatic heterocycles. The number of aliphatic carboxylic acids is 1. The van der Waals surface area contributed by atoms with Crippen molar-refractivity contribution in [2.24, 2.45) is 5.92 Å². The van der Waals surface area contributed by atoms with Gasteiger partial charge < -0.3 is 9.84 Å². The average Bonchev–Trinajstić information content (AvgIpc) is 2.48. The molecular weight excluding hydrogens is 292 g/mol. The fourth-order valence-corrected chi connectivity index (χ4v) is 3.74. The highest BCUT2D eigenvalue weighted by molar-refractivity contribution is 9.10. The van der Waals surface area contributed by atoms with Gasteiger partial charge >= 0.3 is 5.97 Å². The maximum atomic E-state index is 10.8. The number of hydrogen-bond donors (Lipinski definition) is 1. The predicted molar refractivity (Wildman–Crippen MR) is 65.9 cm³/mol. The van der Waals surface area contributed by atoms with Crippen molar-refractivity contribution in [2.75, 3.05) is 13.2 Å². The second-order valence-electron chi connectivity index (χ2n) is 4.28. The Balaban J connectivity index is 2.22. The molecule has 3 nitrogen and oxygen atoms in total. The summed E-state index contributed by atoms with van der Waals surface area (Å²) in [6.45, 7) is 3.26. The fraction of sp³-hybridized carbons (Fsp3) is 0.545. The molecule has 2 heterocycles. The zero-order valence-electron chi connectivity index (χ0n) is 8.90. The van der Waals surface area contributed by atoms with Gasteiger partial charge in [0, 0.05) is 21.2 Å². The van der Waals surface area contributed by atoms with Gasteiger partial charge in [-0.05, 0) is 27.9 Å². The van der Waals surface area contributed by atoms with Gasteiger partial charge in [-0.2, -0.15) is 0 Å². The van der Waals surface area contributed by atoms with Crippen LogP contribution in [0.15, 0.2) is 15.9 Å². The topological polar surface area (TPSA) is 46.5 Å². The highest BCUT2D eigenvalue weighted by Gasteiger charge is 2.46. The monoisotopic (exact) mass is 304 g/mol. The van der Waals surface area contributed by atoms with Crippen LogP contribution >= 0.6 is 27.3 Å². The van der Waals surface area contributed by atoms with Gasteiger partial charge in [0.15, 0.2) is 0 Å². The van der Waals surface area contributed by atoms with Crippen LogP contribution in [0.4, 0.5) is 0 Å². The van der Waals surface area contributed by atoms with E-state index < -0.39 is 5.97 Å². The molecule has 88 valence electrons. The molecule has 0 amide bonds. The van der Waals surface area contributed by atoms with E-state index >= 15 is 0 Å². The highest BCUT2D eigenvalue weighted by atomic mass is 79.9. The number of halogens is 1. The minimum Gasteiger partial charge on any atom is -0.481 e. The first-order valence-electron chi connectivity index (χ1n) is 5.08. The van der Waals surface area contributed by atoms with Crippen molar-refractivity contribution in [2.45, 2.75) is 18.8 Å². The number of carboxylic acid groups (broad SMARTS) is 1. The van der Waals surface area contributed by atoms with Gasteiger partial charge in [-0.3, -0.25) is 4.79 Å². The zero-order valence-corrected chi connectivity index (χ0v) is 11.3. The third kappa shape index (κ3) is 2.04. The smallest absolute Gasteiger partial charge is 0.303 e. The molecule has 1 fully saturated rings. The SMILES string of the molecule is CC(CC(=O)O)C1(c2cc(Br)cs2)COC1. The summed E-state index contributed by atoms with van der Waals surface area (Å²) < 4.78 is 6.36. The standard InChI is InChI=1S/C11H13BrO3S/c1-7(2-10(13)14)11(5-15-6-11)9-3-8(12)4-16-9/h3-4,7H,2,5-6H2,1H3,(H,13,14). The molecule has 0 saturated carbocycles. The highest BCUT2D eigenvalue weighted by Crippen LogP contribution is 2.44. The molecule has 0 aromatic carbocycles. The first kappa shape index (κ1) is 12.1. The minimum atomic E-state index is -0.741. The quantitative estimate of drug-likeness (QED) is 0.930. The Kier molecular flexibility index (Phi) is 3.37. The predicted octanol–water partition coefficient (Wildman–Crippen LogP) is 2.89. The van der Waals surface area contributed by atoms with E-state index in [9.17, 15) is 4.79 Å². The maximum Gasteiger partial charge on any atom is 0.303 e. The van der Waals surface area contributed by atoms with Gasteiger partial charge in [0.2, 0.25) is 0 Å². The van der Waals surface area contributed by atoms with E-state index in [0.717, 1.165) is 4.47 Å². The third-order valence-electron chi connectivity index (χ3n) is 3.20. The molecule has 16 heavy (non-hydrogen) atoms. The molecule has 0 spiro atoms. The van der Waals surface area contributed by atoms with E-state index in [4.69, 9.17) is 9.84 Å². The van der Waals surface area contributed by atoms with Crippen LogP contribution in [0.3, 0.4) is 0 Å². The van der Waals surface area contributed by atoms with Crippen LogP contribution in [0.25, 0.3) is 0 Å². The normalized spacial score (nSPS) is 20.1. The van der Waals surface area contributed by atoms with Gasteiger partial charge in [-0.15, -0.1) is 11.3 Å². The van der Waals surface area contributed by atoms with Crippen LogP contribution in [0, 0.1) is 5.92 Å². The van der Waals surface area contributed by atoms with Gasteiger partial charge in [0.1, 0.15) is 0 Å². The summed E-state index contributed by atoms with van der Waals surface area (Å²) >= 11 is 5.10.